The van der Waals surface area contributed by atoms with E-state index in [9.17, 15) is 4.79 Å². The molecule has 1 amide bonds. The third-order valence-corrected chi connectivity index (χ3v) is 3.83. The first-order valence-electron chi connectivity index (χ1n) is 7.39. The monoisotopic (exact) mass is 311 g/mol. The Balaban J connectivity index is 0.00000220. The molecule has 0 saturated carbocycles. The molecule has 0 aromatic heterocycles. The van der Waals surface area contributed by atoms with Crippen molar-refractivity contribution in [1.29, 1.82) is 0 Å². The minimum Gasteiger partial charge on any atom is -0.339 e. The first kappa shape index (κ1) is 18.0. The second-order valence-electron chi connectivity index (χ2n) is 5.64. The first-order chi connectivity index (χ1) is 9.66. The third-order valence-electron chi connectivity index (χ3n) is 3.83. The van der Waals surface area contributed by atoms with Crippen molar-refractivity contribution in [2.24, 2.45) is 0 Å². The first-order valence-corrected chi connectivity index (χ1v) is 7.39. The van der Waals surface area contributed by atoms with Crippen LogP contribution in [-0.2, 0) is 4.79 Å². The van der Waals surface area contributed by atoms with Crippen molar-refractivity contribution in [3.8, 4) is 0 Å². The summed E-state index contributed by atoms with van der Waals surface area (Å²) >= 11 is 0. The van der Waals surface area contributed by atoms with E-state index in [1.54, 1.807) is 0 Å². The summed E-state index contributed by atoms with van der Waals surface area (Å²) in [6, 6.07) is 10.5. The van der Waals surface area contributed by atoms with Crippen LogP contribution in [0.5, 0.6) is 0 Å². The van der Waals surface area contributed by atoms with Crippen LogP contribution in [0.3, 0.4) is 0 Å². The third kappa shape index (κ3) is 5.65. The number of nitrogens with zero attached hydrogens (tertiary/aromatic N) is 2. The van der Waals surface area contributed by atoms with Crippen LogP contribution in [0.15, 0.2) is 30.3 Å². The van der Waals surface area contributed by atoms with E-state index in [1.807, 2.05) is 18.0 Å². The fourth-order valence-corrected chi connectivity index (χ4v) is 2.66. The maximum absolute atomic E-state index is 12.2. The molecule has 1 aromatic carbocycles. The molecular weight excluding hydrogens is 286 g/mol. The molecule has 1 N–H and O–H groups in total. The Kier molecular flexibility index (Phi) is 7.72. The van der Waals surface area contributed by atoms with Crippen molar-refractivity contribution in [1.82, 2.24) is 15.1 Å². The number of halogens is 1. The van der Waals surface area contributed by atoms with Crippen molar-refractivity contribution in [3.63, 3.8) is 0 Å². The van der Waals surface area contributed by atoms with E-state index in [0.29, 0.717) is 12.5 Å². The average Bonchev–Trinajstić information content (AvgIpc) is 2.49. The molecule has 0 aliphatic carbocycles. The molecule has 2 rings (SSSR count). The van der Waals surface area contributed by atoms with E-state index in [-0.39, 0.29) is 18.3 Å². The van der Waals surface area contributed by atoms with Crippen LogP contribution in [0, 0.1) is 0 Å². The summed E-state index contributed by atoms with van der Waals surface area (Å²) in [5, 5.41) is 3.27. The van der Waals surface area contributed by atoms with Crippen LogP contribution in [0.2, 0.25) is 0 Å². The molecule has 1 unspecified atom stereocenters. The summed E-state index contributed by atoms with van der Waals surface area (Å²) < 4.78 is 0. The lowest BCUT2D eigenvalue weighted by molar-refractivity contribution is -0.132. The van der Waals surface area contributed by atoms with Gasteiger partial charge in [0.2, 0.25) is 5.91 Å². The molecule has 0 spiro atoms. The van der Waals surface area contributed by atoms with E-state index in [1.165, 1.54) is 5.56 Å². The highest BCUT2D eigenvalue weighted by Gasteiger charge is 2.18. The predicted octanol–water partition coefficient (Wildman–Crippen LogP) is 1.58. The van der Waals surface area contributed by atoms with Crippen LogP contribution in [-0.4, -0.2) is 62.0 Å². The van der Waals surface area contributed by atoms with Gasteiger partial charge in [-0.25, -0.2) is 0 Å². The summed E-state index contributed by atoms with van der Waals surface area (Å²) in [5.74, 6) is 0.686. The van der Waals surface area contributed by atoms with E-state index in [0.717, 1.165) is 32.7 Å². The number of likely N-dealkylation sites (N-methyl/N-ethyl adjacent to an activating group) is 1. The molecule has 0 radical (unpaired) electrons. The van der Waals surface area contributed by atoms with Crippen molar-refractivity contribution < 1.29 is 4.79 Å². The number of rotatable bonds is 5. The second-order valence-corrected chi connectivity index (χ2v) is 5.64. The quantitative estimate of drug-likeness (QED) is 0.897. The molecule has 1 heterocycles. The van der Waals surface area contributed by atoms with Crippen LogP contribution < -0.4 is 5.32 Å². The highest BCUT2D eigenvalue weighted by molar-refractivity contribution is 5.85. The zero-order valence-electron chi connectivity index (χ0n) is 12.9. The normalized spacial score (nSPS) is 16.4. The number of hydrogen-bond donors (Lipinski definition) is 1. The van der Waals surface area contributed by atoms with Gasteiger partial charge in [0.15, 0.2) is 0 Å². The average molecular weight is 312 g/mol. The largest absolute Gasteiger partial charge is 0.339 e. The zero-order chi connectivity index (χ0) is 14.4. The highest BCUT2D eigenvalue weighted by atomic mass is 35.5. The second kappa shape index (κ2) is 9.03. The Hall–Kier alpha value is -1.10. The molecule has 1 saturated heterocycles. The number of piperazine rings is 1. The van der Waals surface area contributed by atoms with Gasteiger partial charge >= 0.3 is 0 Å². The molecule has 1 aromatic rings. The summed E-state index contributed by atoms with van der Waals surface area (Å²) in [5.41, 5.74) is 1.33. The zero-order valence-corrected chi connectivity index (χ0v) is 13.7. The molecule has 4 nitrogen and oxygen atoms in total. The molecule has 1 atom stereocenters. The lowest BCUT2D eigenvalue weighted by atomic mass is 10.0. The number of benzene rings is 1. The van der Waals surface area contributed by atoms with Crippen molar-refractivity contribution >= 4 is 18.3 Å². The summed E-state index contributed by atoms with van der Waals surface area (Å²) in [4.78, 5) is 16.3. The van der Waals surface area contributed by atoms with E-state index < -0.39 is 0 Å². The molecule has 1 fully saturated rings. The van der Waals surface area contributed by atoms with Crippen LogP contribution in [0.25, 0.3) is 0 Å². The number of amides is 1. The smallest absolute Gasteiger partial charge is 0.236 e. The van der Waals surface area contributed by atoms with Crippen LogP contribution in [0.4, 0.5) is 0 Å². The van der Waals surface area contributed by atoms with Gasteiger partial charge in [-0.15, -0.1) is 12.4 Å². The topological polar surface area (TPSA) is 35.6 Å². The van der Waals surface area contributed by atoms with Crippen molar-refractivity contribution in [2.45, 2.75) is 12.8 Å². The van der Waals surface area contributed by atoms with Gasteiger partial charge < -0.3 is 10.2 Å². The van der Waals surface area contributed by atoms with Crippen molar-refractivity contribution in [2.75, 3.05) is 46.3 Å². The molecule has 21 heavy (non-hydrogen) atoms. The Morgan fingerprint density at radius 1 is 1.29 bits per heavy atom. The Bertz CT molecular complexity index is 421. The molecule has 5 heteroatoms. The molecule has 0 bridgehead atoms. The molecule has 118 valence electrons. The SMILES string of the molecule is CC(CN(C)CC(=O)N1CCNCC1)c1ccccc1.Cl. The highest BCUT2D eigenvalue weighted by Crippen LogP contribution is 2.15. The summed E-state index contributed by atoms with van der Waals surface area (Å²) in [7, 11) is 2.03. The maximum Gasteiger partial charge on any atom is 0.236 e. The Morgan fingerprint density at radius 3 is 2.52 bits per heavy atom. The van der Waals surface area contributed by atoms with Crippen LogP contribution in [0.1, 0.15) is 18.4 Å². The van der Waals surface area contributed by atoms with Gasteiger partial charge in [0.05, 0.1) is 6.54 Å². The number of carbonyl (C=O) groups excluding carboxylic acids is 1. The molecular formula is C16H26ClN3O. The van der Waals surface area contributed by atoms with Gasteiger partial charge in [-0.3, -0.25) is 9.69 Å². The molecule has 1 aliphatic heterocycles. The lowest BCUT2D eigenvalue weighted by Gasteiger charge is -2.30. The van der Waals surface area contributed by atoms with Gasteiger partial charge in [-0.1, -0.05) is 37.3 Å². The van der Waals surface area contributed by atoms with E-state index >= 15 is 0 Å². The minimum absolute atomic E-state index is 0. The number of nitrogens with one attached hydrogen (secondary N) is 1. The van der Waals surface area contributed by atoms with Gasteiger partial charge in [0.25, 0.3) is 0 Å². The van der Waals surface area contributed by atoms with Crippen LogP contribution >= 0.6 is 12.4 Å². The summed E-state index contributed by atoms with van der Waals surface area (Å²) in [6.45, 7) is 7.12. The number of carbonyl (C=O) groups is 1. The fourth-order valence-electron chi connectivity index (χ4n) is 2.66. The molecule has 1 aliphatic rings. The maximum atomic E-state index is 12.2. The fraction of sp³-hybridized carbons (Fsp3) is 0.562. The van der Waals surface area contributed by atoms with Gasteiger partial charge in [0, 0.05) is 32.7 Å². The van der Waals surface area contributed by atoms with Gasteiger partial charge in [-0.2, -0.15) is 0 Å². The minimum atomic E-state index is 0. The number of hydrogen-bond acceptors (Lipinski definition) is 3. The van der Waals surface area contributed by atoms with E-state index in [4.69, 9.17) is 0 Å². The Labute approximate surface area is 133 Å². The standard InChI is InChI=1S/C16H25N3O.ClH/c1-14(15-6-4-3-5-7-15)12-18(2)13-16(20)19-10-8-17-9-11-19;/h3-7,14,17H,8-13H2,1-2H3;1H. The lowest BCUT2D eigenvalue weighted by Crippen LogP contribution is -2.49. The predicted molar refractivity (Wildman–Crippen MR) is 89.1 cm³/mol. The summed E-state index contributed by atoms with van der Waals surface area (Å²) in [6.07, 6.45) is 0. The van der Waals surface area contributed by atoms with Gasteiger partial charge in [0.1, 0.15) is 0 Å². The van der Waals surface area contributed by atoms with Gasteiger partial charge in [-0.05, 0) is 18.5 Å². The van der Waals surface area contributed by atoms with Crippen molar-refractivity contribution in [3.05, 3.63) is 35.9 Å². The van der Waals surface area contributed by atoms with E-state index in [2.05, 4.69) is 41.4 Å². The Morgan fingerprint density at radius 2 is 1.90 bits per heavy atom.